The summed E-state index contributed by atoms with van der Waals surface area (Å²) in [4.78, 5) is 9.58. The molecule has 0 heterocycles. The summed E-state index contributed by atoms with van der Waals surface area (Å²) >= 11 is 13.8. The van der Waals surface area contributed by atoms with E-state index in [2.05, 4.69) is 0 Å². The molecule has 0 amide bonds. The Bertz CT molecular complexity index is 1290. The Morgan fingerprint density at radius 3 is 1.17 bits per heavy atom. The maximum absolute atomic E-state index is 6.89. The minimum atomic E-state index is -3.24. The van der Waals surface area contributed by atoms with Gasteiger partial charge >= 0.3 is 6.10 Å². The third-order valence-electron chi connectivity index (χ3n) is 5.80. The van der Waals surface area contributed by atoms with Gasteiger partial charge in [-0.1, -0.05) is 106 Å². The fourth-order valence-electron chi connectivity index (χ4n) is 4.03. The van der Waals surface area contributed by atoms with E-state index >= 15 is 0 Å². The smallest absolute Gasteiger partial charge is 0.407 e. The zero-order valence-electron chi connectivity index (χ0n) is 23.2. The van der Waals surface area contributed by atoms with E-state index in [1.807, 2.05) is 110 Å². The molecule has 0 saturated carbocycles. The highest BCUT2D eigenvalue weighted by molar-refractivity contribution is 7.59. The van der Waals surface area contributed by atoms with E-state index in [9.17, 15) is 0 Å². The number of nitrogens with zero attached hydrogens (tertiary/aromatic N) is 4. The van der Waals surface area contributed by atoms with Crippen molar-refractivity contribution in [1.82, 2.24) is 14.0 Å². The molecule has 0 fully saturated rings. The van der Waals surface area contributed by atoms with Crippen LogP contribution in [-0.4, -0.2) is 53.3 Å². The van der Waals surface area contributed by atoms with Crippen molar-refractivity contribution < 1.29 is 19.0 Å². The Balaban J connectivity index is 2.01. The molecule has 0 aromatic heterocycles. The second kappa shape index (κ2) is 14.1. The maximum atomic E-state index is 6.89. The first kappa shape index (κ1) is 30.7. The molecule has 0 unspecified atom stereocenters. The van der Waals surface area contributed by atoms with Crippen LogP contribution in [0.4, 0.5) is 0 Å². The van der Waals surface area contributed by atoms with Gasteiger partial charge in [-0.3, -0.25) is 0 Å². The van der Waals surface area contributed by atoms with Gasteiger partial charge in [0, 0.05) is 0 Å². The van der Waals surface area contributed by atoms with E-state index < -0.39 is 18.6 Å². The molecule has 0 bridgehead atoms. The lowest BCUT2D eigenvalue weighted by Crippen LogP contribution is -2.63. The summed E-state index contributed by atoms with van der Waals surface area (Å²) in [5.41, 5.74) is 0. The zero-order chi connectivity index (χ0) is 29.3. The lowest BCUT2D eigenvalue weighted by Gasteiger charge is -2.49. The van der Waals surface area contributed by atoms with Gasteiger partial charge in [0.15, 0.2) is 10.7 Å². The molecular weight excluding hydrogens is 582 g/mol. The highest BCUT2D eigenvalue weighted by atomic mass is 35.5. The molecule has 8 nitrogen and oxygen atoms in total. The van der Waals surface area contributed by atoms with Crippen LogP contribution in [0.2, 0.25) is 0 Å². The van der Waals surface area contributed by atoms with Crippen LogP contribution in [0.3, 0.4) is 0 Å². The Labute approximate surface area is 251 Å². The van der Waals surface area contributed by atoms with E-state index in [1.165, 1.54) is 0 Å². The van der Waals surface area contributed by atoms with Gasteiger partial charge in [0.2, 0.25) is 7.51 Å². The predicted molar refractivity (Wildman–Crippen MR) is 165 cm³/mol. The molecule has 4 aromatic carbocycles. The molecule has 0 N–H and O–H groups in total. The third-order valence-corrected chi connectivity index (χ3v) is 9.96. The Kier molecular flexibility index (Phi) is 10.6. The Hall–Kier alpha value is -3.23. The highest BCUT2D eigenvalue weighted by Crippen LogP contribution is 2.62. The summed E-state index contributed by atoms with van der Waals surface area (Å²) in [6.45, 7) is 0. The minimum absolute atomic E-state index is 0.443. The van der Waals surface area contributed by atoms with Crippen molar-refractivity contribution >= 4 is 30.7 Å². The van der Waals surface area contributed by atoms with Crippen molar-refractivity contribution in [3.05, 3.63) is 121 Å². The van der Waals surface area contributed by atoms with Gasteiger partial charge in [-0.15, -0.1) is 0 Å². The van der Waals surface area contributed by atoms with E-state index in [-0.39, 0.29) is 0 Å². The SMILES string of the molecule is CN(C)P(=NOc1ccccc1)(N(C)C)N(C(Cl)Cl)C(Oc1ccccc1)(Oc1ccccc1)Oc1ccccc1. The summed E-state index contributed by atoms with van der Waals surface area (Å²) in [7, 11) is 4.18. The first-order valence-electron chi connectivity index (χ1n) is 12.8. The Morgan fingerprint density at radius 2 is 0.878 bits per heavy atom. The van der Waals surface area contributed by atoms with Crippen molar-refractivity contribution in [1.29, 1.82) is 0 Å². The van der Waals surface area contributed by atoms with Gasteiger partial charge in [-0.2, -0.15) is 0 Å². The van der Waals surface area contributed by atoms with Crippen LogP contribution < -0.4 is 19.0 Å². The molecular formula is C30H33Cl2N4O4P. The van der Waals surface area contributed by atoms with E-state index in [1.54, 1.807) is 53.2 Å². The predicted octanol–water partition coefficient (Wildman–Crippen LogP) is 7.96. The number of benzene rings is 4. The molecule has 0 aliphatic rings. The molecule has 0 aliphatic carbocycles. The fourth-order valence-corrected chi connectivity index (χ4v) is 7.72. The number of halogens is 2. The van der Waals surface area contributed by atoms with Crippen molar-refractivity contribution in [2.24, 2.45) is 4.91 Å². The zero-order valence-corrected chi connectivity index (χ0v) is 25.7. The molecule has 216 valence electrons. The van der Waals surface area contributed by atoms with Crippen LogP contribution in [0.25, 0.3) is 0 Å². The molecule has 0 radical (unpaired) electrons. The first-order chi connectivity index (χ1) is 19.8. The number of hydrogen-bond acceptors (Lipinski definition) is 5. The topological polar surface area (TPSA) is 59.0 Å². The average molecular weight is 615 g/mol. The van der Waals surface area contributed by atoms with Gasteiger partial charge in [0.25, 0.3) is 0 Å². The molecule has 0 spiro atoms. The van der Waals surface area contributed by atoms with Crippen molar-refractivity contribution in [2.75, 3.05) is 28.2 Å². The molecule has 4 rings (SSSR count). The maximum Gasteiger partial charge on any atom is 0.504 e. The normalized spacial score (nSPS) is 12.0. The molecule has 11 heteroatoms. The van der Waals surface area contributed by atoms with Gasteiger partial charge in [0.05, 0.1) is 0 Å². The molecule has 41 heavy (non-hydrogen) atoms. The van der Waals surface area contributed by atoms with Crippen molar-refractivity contribution in [3.8, 4) is 23.0 Å². The molecule has 0 aliphatic heterocycles. The summed E-state index contributed by atoms with van der Waals surface area (Å²) in [6, 6.07) is 36.7. The van der Waals surface area contributed by atoms with Crippen LogP contribution >= 0.6 is 30.7 Å². The quantitative estimate of drug-likeness (QED) is 0.0497. The van der Waals surface area contributed by atoms with E-state index in [0.29, 0.717) is 23.0 Å². The van der Waals surface area contributed by atoms with Crippen LogP contribution in [-0.2, 0) is 0 Å². The van der Waals surface area contributed by atoms with Gasteiger partial charge in [-0.25, -0.2) is 9.34 Å². The second-order valence-corrected chi connectivity index (χ2v) is 13.4. The largest absolute Gasteiger partial charge is 0.504 e. The highest BCUT2D eigenvalue weighted by Gasteiger charge is 2.59. The Morgan fingerprint density at radius 1 is 0.561 bits per heavy atom. The number of para-hydroxylation sites is 4. The van der Waals surface area contributed by atoms with Crippen molar-refractivity contribution in [2.45, 2.75) is 11.1 Å². The van der Waals surface area contributed by atoms with Crippen LogP contribution in [0.5, 0.6) is 23.0 Å². The molecule has 0 saturated heterocycles. The van der Waals surface area contributed by atoms with Crippen LogP contribution in [0, 0.1) is 0 Å². The first-order valence-corrected chi connectivity index (χ1v) is 15.2. The fraction of sp³-hybridized carbons (Fsp3) is 0.200. The number of ether oxygens (including phenoxy) is 3. The summed E-state index contributed by atoms with van der Waals surface area (Å²) in [5.74, 6) is 1.86. The monoisotopic (exact) mass is 614 g/mol. The van der Waals surface area contributed by atoms with E-state index in [0.717, 1.165) is 0 Å². The molecule has 0 atom stereocenters. The molecule has 4 aromatic rings. The van der Waals surface area contributed by atoms with Crippen molar-refractivity contribution in [3.63, 3.8) is 0 Å². The van der Waals surface area contributed by atoms with Crippen LogP contribution in [0.15, 0.2) is 126 Å². The average Bonchev–Trinajstić information content (AvgIpc) is 2.96. The summed E-state index contributed by atoms with van der Waals surface area (Å²) < 4.78 is 25.3. The lowest BCUT2D eigenvalue weighted by molar-refractivity contribution is -0.316. The van der Waals surface area contributed by atoms with Gasteiger partial charge < -0.3 is 19.0 Å². The number of rotatable bonds is 13. The summed E-state index contributed by atoms with van der Waals surface area (Å²) in [5, 5.41) is 0. The minimum Gasteiger partial charge on any atom is -0.407 e. The number of alkyl halides is 2. The summed E-state index contributed by atoms with van der Waals surface area (Å²) in [6.07, 6.45) is -2.09. The lowest BCUT2D eigenvalue weighted by atomic mass is 10.3. The second-order valence-electron chi connectivity index (χ2n) is 9.11. The number of hydrogen-bond donors (Lipinski definition) is 0. The third kappa shape index (κ3) is 7.35. The van der Waals surface area contributed by atoms with Gasteiger partial charge in [-0.05, 0) is 76.7 Å². The van der Waals surface area contributed by atoms with Gasteiger partial charge in [0.1, 0.15) is 17.2 Å². The van der Waals surface area contributed by atoms with Crippen LogP contribution in [0.1, 0.15) is 0 Å². The van der Waals surface area contributed by atoms with E-state index in [4.69, 9.17) is 47.2 Å². The standard InChI is InChI=1S/C30H33Cl2N4O4P/c1-34(2)41(35(3)4,33-40-28-23-15-8-16-24-28)36(29(31)32)30(37-25-17-9-5-10-18-25,38-26-19-11-6-12-20-26)39-27-21-13-7-14-22-27/h5-24,29H,1-4H3.